The van der Waals surface area contributed by atoms with Crippen LogP contribution in [0, 0.1) is 18.8 Å². The van der Waals surface area contributed by atoms with Crippen LogP contribution in [-0.4, -0.2) is 59.3 Å². The van der Waals surface area contributed by atoms with E-state index in [-0.39, 0.29) is 52.6 Å². The number of carbonyl (C=O) groups is 2. The summed E-state index contributed by atoms with van der Waals surface area (Å²) in [5.41, 5.74) is 0.990. The smallest absolute Gasteiger partial charge is 0.240 e. The van der Waals surface area contributed by atoms with Crippen LogP contribution in [0.3, 0.4) is 0 Å². The van der Waals surface area contributed by atoms with E-state index in [1.807, 2.05) is 6.92 Å². The molecule has 1 heterocycles. The molecular weight excluding hydrogens is 454 g/mol. The molecule has 1 saturated heterocycles. The van der Waals surface area contributed by atoms with Crippen molar-refractivity contribution in [3.05, 3.63) is 29.8 Å². The average molecular weight is 486 g/mol. The predicted molar refractivity (Wildman–Crippen MR) is 120 cm³/mol. The molecule has 3 N–H and O–H groups in total. The third-order valence-electron chi connectivity index (χ3n) is 6.13. The first kappa shape index (κ1) is 24.7. The Bertz CT molecular complexity index is 1030. The van der Waals surface area contributed by atoms with Gasteiger partial charge >= 0.3 is 0 Å². The fourth-order valence-electron chi connectivity index (χ4n) is 4.16. The third-order valence-corrected chi connectivity index (χ3v) is 9.34. The highest BCUT2D eigenvalue weighted by molar-refractivity contribution is 7.91. The Kier molecular flexibility index (Phi) is 7.94. The minimum Gasteiger partial charge on any atom is -0.351 e. The van der Waals surface area contributed by atoms with Crippen molar-refractivity contribution in [3.8, 4) is 0 Å². The molecule has 0 aromatic heterocycles. The van der Waals surface area contributed by atoms with Gasteiger partial charge in [-0.05, 0) is 57.1 Å². The summed E-state index contributed by atoms with van der Waals surface area (Å²) in [7, 11) is -6.62. The minimum absolute atomic E-state index is 0.0512. The Labute approximate surface area is 189 Å². The van der Waals surface area contributed by atoms with E-state index in [2.05, 4.69) is 15.4 Å². The van der Waals surface area contributed by atoms with E-state index in [0.29, 0.717) is 25.8 Å². The van der Waals surface area contributed by atoms with Crippen molar-refractivity contribution >= 4 is 31.7 Å². The third kappa shape index (κ3) is 7.01. The number of nitrogens with one attached hydrogen (secondary N) is 3. The number of benzene rings is 1. The van der Waals surface area contributed by atoms with E-state index < -0.39 is 19.9 Å². The van der Waals surface area contributed by atoms with Crippen LogP contribution < -0.4 is 15.4 Å². The molecule has 0 radical (unpaired) electrons. The van der Waals surface area contributed by atoms with Crippen molar-refractivity contribution in [3.63, 3.8) is 0 Å². The summed E-state index contributed by atoms with van der Waals surface area (Å²) >= 11 is 0. The van der Waals surface area contributed by atoms with Gasteiger partial charge in [-0.1, -0.05) is 17.7 Å². The molecular formula is C21H31N3O6S2. The van der Waals surface area contributed by atoms with Crippen LogP contribution in [0.25, 0.3) is 0 Å². The number of hydrogen-bond acceptors (Lipinski definition) is 6. The highest BCUT2D eigenvalue weighted by atomic mass is 32.2. The van der Waals surface area contributed by atoms with E-state index in [1.54, 1.807) is 24.3 Å². The lowest BCUT2D eigenvalue weighted by Gasteiger charge is -2.27. The Balaban J connectivity index is 1.36. The molecule has 2 aliphatic rings. The van der Waals surface area contributed by atoms with E-state index in [4.69, 9.17) is 0 Å². The van der Waals surface area contributed by atoms with Gasteiger partial charge in [-0.2, -0.15) is 0 Å². The number of rotatable bonds is 8. The Morgan fingerprint density at radius 1 is 1.03 bits per heavy atom. The van der Waals surface area contributed by atoms with Gasteiger partial charge in [0, 0.05) is 18.5 Å². The average Bonchev–Trinajstić information content (AvgIpc) is 3.09. The summed E-state index contributed by atoms with van der Waals surface area (Å²) in [6, 6.07) is 6.30. The van der Waals surface area contributed by atoms with Gasteiger partial charge in [-0.15, -0.1) is 0 Å². The maximum absolute atomic E-state index is 12.4. The molecule has 0 bridgehead atoms. The molecule has 0 spiro atoms. The van der Waals surface area contributed by atoms with Crippen LogP contribution in [0.15, 0.2) is 29.2 Å². The molecule has 32 heavy (non-hydrogen) atoms. The molecule has 11 heteroatoms. The Morgan fingerprint density at radius 3 is 2.28 bits per heavy atom. The molecule has 1 atom stereocenters. The quantitative estimate of drug-likeness (QED) is 0.490. The van der Waals surface area contributed by atoms with Crippen LogP contribution in [-0.2, 0) is 29.4 Å². The van der Waals surface area contributed by atoms with Gasteiger partial charge < -0.3 is 10.6 Å². The second-order valence-corrected chi connectivity index (χ2v) is 12.8. The fraction of sp³-hybridized carbons (Fsp3) is 0.619. The zero-order valence-corrected chi connectivity index (χ0v) is 19.8. The van der Waals surface area contributed by atoms with Gasteiger partial charge in [0.1, 0.15) is 0 Å². The topological polar surface area (TPSA) is 139 Å². The molecule has 2 fully saturated rings. The molecule has 1 aliphatic heterocycles. The number of sulfonamides is 1. The lowest BCUT2D eigenvalue weighted by Crippen LogP contribution is -2.44. The second kappa shape index (κ2) is 10.3. The minimum atomic E-state index is -3.55. The molecule has 0 unspecified atom stereocenters. The van der Waals surface area contributed by atoms with Gasteiger partial charge in [-0.3, -0.25) is 9.59 Å². The van der Waals surface area contributed by atoms with E-state index in [9.17, 15) is 26.4 Å². The van der Waals surface area contributed by atoms with Crippen molar-refractivity contribution in [2.24, 2.45) is 11.8 Å². The van der Waals surface area contributed by atoms with E-state index in [0.717, 1.165) is 18.4 Å². The van der Waals surface area contributed by atoms with Crippen molar-refractivity contribution in [1.29, 1.82) is 0 Å². The molecule has 1 aliphatic carbocycles. The summed E-state index contributed by atoms with van der Waals surface area (Å²) in [5.74, 6) is -0.608. The summed E-state index contributed by atoms with van der Waals surface area (Å²) in [4.78, 5) is 24.6. The molecule has 1 saturated carbocycles. The van der Waals surface area contributed by atoms with Crippen LogP contribution in [0.5, 0.6) is 0 Å². The van der Waals surface area contributed by atoms with Crippen LogP contribution >= 0.6 is 0 Å². The lowest BCUT2D eigenvalue weighted by molar-refractivity contribution is -0.129. The zero-order valence-electron chi connectivity index (χ0n) is 18.2. The molecule has 9 nitrogen and oxygen atoms in total. The maximum Gasteiger partial charge on any atom is 0.240 e. The zero-order chi connectivity index (χ0) is 23.4. The van der Waals surface area contributed by atoms with Crippen molar-refractivity contribution < 1.29 is 26.4 Å². The lowest BCUT2D eigenvalue weighted by atomic mass is 9.81. The molecule has 178 valence electrons. The van der Waals surface area contributed by atoms with Crippen LogP contribution in [0.1, 0.15) is 37.7 Å². The monoisotopic (exact) mass is 485 g/mol. The van der Waals surface area contributed by atoms with Crippen LogP contribution in [0.4, 0.5) is 0 Å². The summed E-state index contributed by atoms with van der Waals surface area (Å²) in [6.07, 6.45) is 3.11. The summed E-state index contributed by atoms with van der Waals surface area (Å²) in [5, 5.41) is 5.28. The van der Waals surface area contributed by atoms with E-state index in [1.165, 1.54) is 0 Å². The van der Waals surface area contributed by atoms with Gasteiger partial charge in [0.15, 0.2) is 9.84 Å². The molecule has 2 amide bonds. The molecule has 3 rings (SSSR count). The highest BCUT2D eigenvalue weighted by Crippen LogP contribution is 2.28. The van der Waals surface area contributed by atoms with Crippen molar-refractivity contribution in [2.75, 3.05) is 24.6 Å². The number of carbonyl (C=O) groups excluding carboxylic acids is 2. The standard InChI is InChI=1S/C21H31N3O6S2/c1-15-2-8-19(9-3-15)32(29,30)23-12-16-4-6-17(7-5-16)21(26)22-13-20(25)24-18-10-11-31(27,28)14-18/h2-3,8-9,16-18,23H,4-7,10-14H2,1H3,(H,22,26)(H,24,25)/t16?,17?,18-/m0/s1. The number of sulfone groups is 1. The van der Waals surface area contributed by atoms with Gasteiger partial charge in [-0.25, -0.2) is 21.6 Å². The summed E-state index contributed by atoms with van der Waals surface area (Å²) < 4.78 is 50.4. The number of hydrogen-bond donors (Lipinski definition) is 3. The first-order chi connectivity index (χ1) is 15.0. The van der Waals surface area contributed by atoms with Gasteiger partial charge in [0.05, 0.1) is 22.9 Å². The largest absolute Gasteiger partial charge is 0.351 e. The van der Waals surface area contributed by atoms with Crippen LogP contribution in [0.2, 0.25) is 0 Å². The Hall–Kier alpha value is -1.98. The predicted octanol–water partition coefficient (Wildman–Crippen LogP) is 0.499. The van der Waals surface area contributed by atoms with E-state index >= 15 is 0 Å². The molecule has 1 aromatic rings. The van der Waals surface area contributed by atoms with Crippen molar-refractivity contribution in [2.45, 2.75) is 50.0 Å². The number of aryl methyl sites for hydroxylation is 1. The first-order valence-corrected chi connectivity index (χ1v) is 14.2. The molecule has 1 aromatic carbocycles. The Morgan fingerprint density at radius 2 is 1.69 bits per heavy atom. The highest BCUT2D eigenvalue weighted by Gasteiger charge is 2.30. The van der Waals surface area contributed by atoms with Gasteiger partial charge in [0.25, 0.3) is 0 Å². The normalized spacial score (nSPS) is 25.2. The maximum atomic E-state index is 12.4. The number of amides is 2. The fourth-order valence-corrected chi connectivity index (χ4v) is 6.95. The summed E-state index contributed by atoms with van der Waals surface area (Å²) in [6.45, 7) is 2.05. The first-order valence-electron chi connectivity index (χ1n) is 10.9. The SMILES string of the molecule is Cc1ccc(S(=O)(=O)NCC2CCC(C(=O)NCC(=O)N[C@H]3CCS(=O)(=O)C3)CC2)cc1. The van der Waals surface area contributed by atoms with Gasteiger partial charge in [0.2, 0.25) is 21.8 Å². The van der Waals surface area contributed by atoms with Crippen molar-refractivity contribution in [1.82, 2.24) is 15.4 Å². The second-order valence-electron chi connectivity index (χ2n) is 8.77.